The Morgan fingerprint density at radius 1 is 1.28 bits per heavy atom. The normalized spacial score (nSPS) is 23.1. The summed E-state index contributed by atoms with van der Waals surface area (Å²) in [5, 5.41) is 3.12. The van der Waals surface area contributed by atoms with Gasteiger partial charge in [-0.3, -0.25) is 14.6 Å². The molecule has 2 aliphatic rings. The smallest absolute Gasteiger partial charge is 0.362 e. The van der Waals surface area contributed by atoms with Gasteiger partial charge in [0.05, 0.1) is 6.54 Å². The summed E-state index contributed by atoms with van der Waals surface area (Å²) in [5.74, 6) is -0.319. The molecule has 2 aromatic rings. The van der Waals surface area contributed by atoms with E-state index in [0.717, 1.165) is 0 Å². The Morgan fingerprint density at radius 3 is 2.59 bits per heavy atom. The van der Waals surface area contributed by atoms with Gasteiger partial charge in [-0.1, -0.05) is 64.0 Å². The molecule has 0 aliphatic carbocycles. The first-order chi connectivity index (χ1) is 15.1. The lowest BCUT2D eigenvalue weighted by Gasteiger charge is -2.31. The van der Waals surface area contributed by atoms with E-state index in [2.05, 4.69) is 31.7 Å². The summed E-state index contributed by atoms with van der Waals surface area (Å²) < 4.78 is 43.2. The Labute approximate surface area is 200 Å². The number of halogens is 5. The average Bonchev–Trinajstić information content (AvgIpc) is 3.35. The second kappa shape index (κ2) is 8.74. The van der Waals surface area contributed by atoms with Crippen LogP contribution < -0.4 is 10.8 Å². The molecule has 2 atom stereocenters. The van der Waals surface area contributed by atoms with Crippen LogP contribution in [0.5, 0.6) is 0 Å². The van der Waals surface area contributed by atoms with Gasteiger partial charge in [-0.25, -0.2) is 5.48 Å². The number of aliphatic imine (C=N–C) groups is 1. The molecule has 4 rings (SSSR count). The highest BCUT2D eigenvalue weighted by atomic mass is 79.9. The van der Waals surface area contributed by atoms with Gasteiger partial charge >= 0.3 is 6.18 Å². The molecule has 0 aromatic heterocycles. The van der Waals surface area contributed by atoms with Crippen molar-refractivity contribution in [2.45, 2.75) is 24.1 Å². The number of carbonyl (C=O) groups is 1. The lowest BCUT2D eigenvalue weighted by atomic mass is 9.76. The number of amides is 1. The molecule has 2 aromatic carbocycles. The van der Waals surface area contributed by atoms with Crippen molar-refractivity contribution >= 4 is 56.4 Å². The summed E-state index contributed by atoms with van der Waals surface area (Å²) in [6.07, 6.45) is -4.82. The summed E-state index contributed by atoms with van der Waals surface area (Å²) >= 11 is 14.6. The minimum absolute atomic E-state index is 0.0715. The van der Waals surface area contributed by atoms with Crippen LogP contribution in [-0.4, -0.2) is 42.0 Å². The predicted octanol–water partition coefficient (Wildman–Crippen LogP) is 4.49. The molecule has 0 spiro atoms. The standard InChI is InChI=1S/C21H16BrClF3N3O2S/c22-14-5-13(6-15(23)7-14)20(21(24,25)26)8-16(27-10-20)11-1-3-12(4-2-11)19(32)28-17-9-31-29-18(17)30/h1-7,17H,8-10H2,(H,28,32)(H,29,30). The van der Waals surface area contributed by atoms with Crippen LogP contribution >= 0.6 is 39.7 Å². The Bertz CT molecular complexity index is 1090. The van der Waals surface area contributed by atoms with Crippen LogP contribution in [0.4, 0.5) is 13.2 Å². The fraction of sp³-hybridized carbons (Fsp3) is 0.286. The van der Waals surface area contributed by atoms with Crippen LogP contribution in [0.2, 0.25) is 5.02 Å². The number of thiocarbonyl (C=S) groups is 1. The van der Waals surface area contributed by atoms with E-state index in [4.69, 9.17) is 28.7 Å². The topological polar surface area (TPSA) is 62.7 Å². The second-order valence-electron chi connectivity index (χ2n) is 7.56. The fourth-order valence-corrected chi connectivity index (χ4v) is 4.84. The molecule has 11 heteroatoms. The number of rotatable bonds is 4. The molecule has 0 saturated carbocycles. The summed E-state index contributed by atoms with van der Waals surface area (Å²) in [4.78, 5) is 21.0. The second-order valence-corrected chi connectivity index (χ2v) is 9.32. The zero-order valence-electron chi connectivity index (χ0n) is 16.3. The van der Waals surface area contributed by atoms with Gasteiger partial charge in [-0.15, -0.1) is 0 Å². The van der Waals surface area contributed by atoms with E-state index < -0.39 is 24.2 Å². The third-order valence-corrected chi connectivity index (χ3v) is 6.52. The van der Waals surface area contributed by atoms with Crippen LogP contribution in [0.15, 0.2) is 51.9 Å². The Morgan fingerprint density at radius 2 is 2.00 bits per heavy atom. The SMILES string of the molecule is O=C1NOCC1NC(=S)c1ccc(C2=NCC(c3cc(Cl)cc(Br)c3)(C(F)(F)F)C2)cc1. The summed E-state index contributed by atoms with van der Waals surface area (Å²) in [7, 11) is 0. The molecule has 0 bridgehead atoms. The van der Waals surface area contributed by atoms with Crippen molar-refractivity contribution in [2.75, 3.05) is 13.2 Å². The van der Waals surface area contributed by atoms with E-state index in [9.17, 15) is 18.0 Å². The number of nitrogens with one attached hydrogen (secondary N) is 2. The predicted molar refractivity (Wildman–Crippen MR) is 122 cm³/mol. The van der Waals surface area contributed by atoms with Crippen LogP contribution in [0.25, 0.3) is 0 Å². The Hall–Kier alpha value is -2.01. The Kier molecular flexibility index (Phi) is 6.32. The largest absolute Gasteiger partial charge is 0.400 e. The Balaban J connectivity index is 1.55. The zero-order valence-corrected chi connectivity index (χ0v) is 19.5. The monoisotopic (exact) mass is 545 g/mol. The first-order valence-corrected chi connectivity index (χ1v) is 11.1. The summed E-state index contributed by atoms with van der Waals surface area (Å²) in [6.45, 7) is -0.274. The molecular weight excluding hydrogens is 531 g/mol. The van der Waals surface area contributed by atoms with Crippen LogP contribution in [0.1, 0.15) is 23.1 Å². The molecular formula is C21H16BrClF3N3O2S. The molecule has 2 aliphatic heterocycles. The number of alkyl halides is 3. The number of hydrogen-bond donors (Lipinski definition) is 2. The first kappa shape index (κ1) is 23.2. The van der Waals surface area contributed by atoms with Gasteiger partial charge in [0.1, 0.15) is 23.1 Å². The highest BCUT2D eigenvalue weighted by Crippen LogP contribution is 2.48. The number of hydrogen-bond acceptors (Lipinski definition) is 4. The fourth-order valence-electron chi connectivity index (χ4n) is 3.70. The van der Waals surface area contributed by atoms with Gasteiger partial charge in [0.15, 0.2) is 0 Å². The molecule has 1 amide bonds. The van der Waals surface area contributed by atoms with Crippen molar-refractivity contribution in [1.29, 1.82) is 0 Å². The quantitative estimate of drug-likeness (QED) is 0.555. The molecule has 1 saturated heterocycles. The van der Waals surface area contributed by atoms with Crippen molar-refractivity contribution in [2.24, 2.45) is 4.99 Å². The molecule has 1 fully saturated rings. The minimum atomic E-state index is -4.52. The van der Waals surface area contributed by atoms with Gasteiger partial charge in [0.25, 0.3) is 5.91 Å². The summed E-state index contributed by atoms with van der Waals surface area (Å²) in [6, 6.07) is 10.5. The van der Waals surface area contributed by atoms with E-state index in [1.807, 2.05) is 0 Å². The number of benzene rings is 2. The third kappa shape index (κ3) is 4.41. The molecule has 2 unspecified atom stereocenters. The van der Waals surface area contributed by atoms with Crippen molar-refractivity contribution in [1.82, 2.24) is 10.8 Å². The van der Waals surface area contributed by atoms with Gasteiger partial charge in [0, 0.05) is 27.2 Å². The highest BCUT2D eigenvalue weighted by Gasteiger charge is 2.58. The van der Waals surface area contributed by atoms with Crippen molar-refractivity contribution in [3.05, 3.63) is 68.7 Å². The van der Waals surface area contributed by atoms with E-state index in [1.165, 1.54) is 12.1 Å². The highest BCUT2D eigenvalue weighted by molar-refractivity contribution is 9.10. The van der Waals surface area contributed by atoms with E-state index in [1.54, 1.807) is 30.3 Å². The molecule has 2 heterocycles. The lowest BCUT2D eigenvalue weighted by molar-refractivity contribution is -0.183. The minimum Gasteiger partial charge on any atom is -0.362 e. The maximum atomic E-state index is 14.2. The maximum absolute atomic E-state index is 14.2. The van der Waals surface area contributed by atoms with Crippen LogP contribution in [0.3, 0.4) is 0 Å². The van der Waals surface area contributed by atoms with Crippen molar-refractivity contribution in [3.63, 3.8) is 0 Å². The molecule has 2 N–H and O–H groups in total. The maximum Gasteiger partial charge on any atom is 0.400 e. The van der Waals surface area contributed by atoms with Crippen LogP contribution in [0, 0.1) is 0 Å². The summed E-state index contributed by atoms with van der Waals surface area (Å²) in [5.41, 5.74) is 1.71. The zero-order chi connectivity index (χ0) is 23.1. The molecule has 5 nitrogen and oxygen atoms in total. The van der Waals surface area contributed by atoms with Crippen molar-refractivity contribution < 1.29 is 22.8 Å². The number of carbonyl (C=O) groups excluding carboxylic acids is 1. The van der Waals surface area contributed by atoms with Gasteiger partial charge in [-0.2, -0.15) is 13.2 Å². The van der Waals surface area contributed by atoms with Gasteiger partial charge in [-0.05, 0) is 29.3 Å². The van der Waals surface area contributed by atoms with E-state index in [0.29, 0.717) is 26.3 Å². The first-order valence-electron chi connectivity index (χ1n) is 9.49. The average molecular weight is 547 g/mol. The number of hydroxylamine groups is 1. The molecule has 32 heavy (non-hydrogen) atoms. The number of nitrogens with zero attached hydrogens (tertiary/aromatic N) is 1. The van der Waals surface area contributed by atoms with Gasteiger partial charge in [0.2, 0.25) is 0 Å². The van der Waals surface area contributed by atoms with E-state index >= 15 is 0 Å². The lowest BCUT2D eigenvalue weighted by Crippen LogP contribution is -2.43. The molecule has 168 valence electrons. The van der Waals surface area contributed by atoms with Crippen molar-refractivity contribution in [3.8, 4) is 0 Å². The third-order valence-electron chi connectivity index (χ3n) is 5.49. The van der Waals surface area contributed by atoms with Gasteiger partial charge < -0.3 is 5.32 Å². The van der Waals surface area contributed by atoms with E-state index in [-0.39, 0.29) is 29.5 Å². The molecule has 0 radical (unpaired) electrons. The van der Waals surface area contributed by atoms with Crippen LogP contribution in [-0.2, 0) is 15.0 Å².